The molecule has 1 amide bonds. The molecule has 0 radical (unpaired) electrons. The first-order valence-corrected chi connectivity index (χ1v) is 6.15. The molecule has 0 aliphatic heterocycles. The van der Waals surface area contributed by atoms with E-state index < -0.39 is 11.9 Å². The zero-order valence-corrected chi connectivity index (χ0v) is 9.61. The molecule has 0 aromatic carbocycles. The van der Waals surface area contributed by atoms with Crippen molar-refractivity contribution in [2.24, 2.45) is 17.8 Å². The van der Waals surface area contributed by atoms with Gasteiger partial charge in [0.05, 0.1) is 11.8 Å². The van der Waals surface area contributed by atoms with E-state index in [1.807, 2.05) is 0 Å². The molecule has 4 nitrogen and oxygen atoms in total. The highest BCUT2D eigenvalue weighted by Gasteiger charge is 2.43. The first-order valence-electron chi connectivity index (χ1n) is 6.15. The molecule has 0 heterocycles. The largest absolute Gasteiger partial charge is 0.481 e. The molecule has 0 aromatic rings. The Bertz CT molecular complexity index is 299. The van der Waals surface area contributed by atoms with Crippen LogP contribution in [0, 0.1) is 17.8 Å². The summed E-state index contributed by atoms with van der Waals surface area (Å²) >= 11 is 0. The van der Waals surface area contributed by atoms with Crippen LogP contribution in [0.25, 0.3) is 0 Å². The van der Waals surface area contributed by atoms with Crippen LogP contribution in [0.15, 0.2) is 0 Å². The summed E-state index contributed by atoms with van der Waals surface area (Å²) in [6, 6.07) is 0.322. The second-order valence-electron chi connectivity index (χ2n) is 5.08. The Hall–Kier alpha value is -1.06. The Balaban J connectivity index is 1.98. The molecule has 0 saturated heterocycles. The predicted octanol–water partition coefficient (Wildman–Crippen LogP) is 1.40. The number of carbonyl (C=O) groups excluding carboxylic acids is 1. The quantitative estimate of drug-likeness (QED) is 0.760. The fourth-order valence-corrected chi connectivity index (χ4v) is 2.57. The van der Waals surface area contributed by atoms with E-state index in [0.717, 1.165) is 25.7 Å². The van der Waals surface area contributed by atoms with Crippen molar-refractivity contribution in [3.05, 3.63) is 0 Å². The maximum atomic E-state index is 11.9. The van der Waals surface area contributed by atoms with Gasteiger partial charge in [0.25, 0.3) is 0 Å². The molecule has 4 heteroatoms. The third-order valence-electron chi connectivity index (χ3n) is 3.82. The lowest BCUT2D eigenvalue weighted by Crippen LogP contribution is -2.36. The standard InChI is InChI=1S/C12H19NO3/c1-2-7-5-9(10(6-7)12(15)16)11(14)13-8-3-4-8/h7-10H,2-6H2,1H3,(H,13,14)(H,15,16)/t7?,9-,10+/m0/s1. The summed E-state index contributed by atoms with van der Waals surface area (Å²) in [6.07, 6.45) is 4.47. The van der Waals surface area contributed by atoms with Crippen LogP contribution in [0.1, 0.15) is 39.0 Å². The van der Waals surface area contributed by atoms with Crippen LogP contribution in [0.4, 0.5) is 0 Å². The highest BCUT2D eigenvalue weighted by atomic mass is 16.4. The first kappa shape index (κ1) is 11.4. The maximum absolute atomic E-state index is 11.9. The fraction of sp³-hybridized carbons (Fsp3) is 0.833. The highest BCUT2D eigenvalue weighted by Crippen LogP contribution is 2.38. The molecule has 0 spiro atoms. The van der Waals surface area contributed by atoms with Crippen molar-refractivity contribution in [2.75, 3.05) is 0 Å². The van der Waals surface area contributed by atoms with Gasteiger partial charge in [0.15, 0.2) is 0 Å². The van der Waals surface area contributed by atoms with Gasteiger partial charge in [-0.05, 0) is 31.6 Å². The zero-order valence-electron chi connectivity index (χ0n) is 9.61. The molecule has 2 saturated carbocycles. The summed E-state index contributed by atoms with van der Waals surface area (Å²) < 4.78 is 0. The lowest BCUT2D eigenvalue weighted by molar-refractivity contribution is -0.146. The number of carboxylic acids is 1. The zero-order chi connectivity index (χ0) is 11.7. The number of rotatable bonds is 4. The monoisotopic (exact) mass is 225 g/mol. The lowest BCUT2D eigenvalue weighted by atomic mass is 9.95. The van der Waals surface area contributed by atoms with E-state index in [-0.39, 0.29) is 11.8 Å². The van der Waals surface area contributed by atoms with Gasteiger partial charge >= 0.3 is 5.97 Å². The maximum Gasteiger partial charge on any atom is 0.307 e. The summed E-state index contributed by atoms with van der Waals surface area (Å²) in [7, 11) is 0. The minimum absolute atomic E-state index is 0.0362. The second-order valence-corrected chi connectivity index (χ2v) is 5.08. The smallest absolute Gasteiger partial charge is 0.307 e. The summed E-state index contributed by atoms with van der Waals surface area (Å²) in [4.78, 5) is 23.0. The van der Waals surface area contributed by atoms with E-state index >= 15 is 0 Å². The van der Waals surface area contributed by atoms with E-state index in [1.54, 1.807) is 0 Å². The number of nitrogens with one attached hydrogen (secondary N) is 1. The van der Waals surface area contributed by atoms with Crippen molar-refractivity contribution in [2.45, 2.75) is 45.1 Å². The molecular weight excluding hydrogens is 206 g/mol. The second kappa shape index (κ2) is 4.44. The first-order chi connectivity index (χ1) is 7.61. The lowest BCUT2D eigenvalue weighted by Gasteiger charge is -2.14. The third-order valence-corrected chi connectivity index (χ3v) is 3.82. The average Bonchev–Trinajstić information content (AvgIpc) is 2.94. The van der Waals surface area contributed by atoms with Crippen LogP contribution >= 0.6 is 0 Å². The fourth-order valence-electron chi connectivity index (χ4n) is 2.57. The van der Waals surface area contributed by atoms with Crippen LogP contribution in [-0.2, 0) is 9.59 Å². The molecule has 16 heavy (non-hydrogen) atoms. The Kier molecular flexibility index (Phi) is 3.17. The van der Waals surface area contributed by atoms with Crippen molar-refractivity contribution in [3.8, 4) is 0 Å². The number of aliphatic carboxylic acids is 1. The van der Waals surface area contributed by atoms with Gasteiger partial charge in [-0.3, -0.25) is 9.59 Å². The van der Waals surface area contributed by atoms with Gasteiger partial charge in [-0.1, -0.05) is 13.3 Å². The number of carbonyl (C=O) groups is 2. The van der Waals surface area contributed by atoms with Crippen molar-refractivity contribution in [1.29, 1.82) is 0 Å². The van der Waals surface area contributed by atoms with Crippen molar-refractivity contribution >= 4 is 11.9 Å². The van der Waals surface area contributed by atoms with E-state index in [1.165, 1.54) is 0 Å². The van der Waals surface area contributed by atoms with Crippen molar-refractivity contribution in [3.63, 3.8) is 0 Å². The molecule has 90 valence electrons. The van der Waals surface area contributed by atoms with Gasteiger partial charge in [-0.25, -0.2) is 0 Å². The molecule has 3 atom stereocenters. The SMILES string of the molecule is CCC1C[C@H](C(=O)NC2CC2)[C@H](C(=O)O)C1. The van der Waals surface area contributed by atoms with Gasteiger partial charge in [-0.15, -0.1) is 0 Å². The van der Waals surface area contributed by atoms with E-state index in [0.29, 0.717) is 18.4 Å². The average molecular weight is 225 g/mol. The molecule has 2 aliphatic carbocycles. The summed E-state index contributed by atoms with van der Waals surface area (Å²) in [5.41, 5.74) is 0. The van der Waals surface area contributed by atoms with Crippen LogP contribution in [-0.4, -0.2) is 23.0 Å². The molecule has 1 unspecified atom stereocenters. The van der Waals surface area contributed by atoms with Gasteiger partial charge < -0.3 is 10.4 Å². The highest BCUT2D eigenvalue weighted by molar-refractivity contribution is 5.85. The van der Waals surface area contributed by atoms with Crippen LogP contribution < -0.4 is 5.32 Å². The number of hydrogen-bond donors (Lipinski definition) is 2. The minimum atomic E-state index is -0.813. The normalized spacial score (nSPS) is 33.7. The van der Waals surface area contributed by atoms with Gasteiger partial charge in [0.2, 0.25) is 5.91 Å². The minimum Gasteiger partial charge on any atom is -0.481 e. The summed E-state index contributed by atoms with van der Waals surface area (Å²) in [5.74, 6) is -1.22. The summed E-state index contributed by atoms with van der Waals surface area (Å²) in [5, 5.41) is 12.0. The Labute approximate surface area is 95.4 Å². The molecule has 0 aromatic heterocycles. The van der Waals surface area contributed by atoms with Gasteiger partial charge in [-0.2, -0.15) is 0 Å². The molecule has 0 bridgehead atoms. The number of amides is 1. The molecular formula is C12H19NO3. The molecule has 2 aliphatic rings. The molecule has 2 rings (SSSR count). The van der Waals surface area contributed by atoms with Crippen molar-refractivity contribution < 1.29 is 14.7 Å². The van der Waals surface area contributed by atoms with E-state index in [4.69, 9.17) is 5.11 Å². The topological polar surface area (TPSA) is 66.4 Å². The predicted molar refractivity (Wildman–Crippen MR) is 58.8 cm³/mol. The molecule has 2 fully saturated rings. The number of carboxylic acid groups (broad SMARTS) is 1. The summed E-state index contributed by atoms with van der Waals surface area (Å²) in [6.45, 7) is 2.06. The Morgan fingerprint density at radius 3 is 2.38 bits per heavy atom. The number of hydrogen-bond acceptors (Lipinski definition) is 2. The third kappa shape index (κ3) is 2.36. The van der Waals surface area contributed by atoms with Gasteiger partial charge in [0, 0.05) is 6.04 Å². The Morgan fingerprint density at radius 2 is 1.88 bits per heavy atom. The van der Waals surface area contributed by atoms with Crippen molar-refractivity contribution in [1.82, 2.24) is 5.32 Å². The molecule has 2 N–H and O–H groups in total. The van der Waals surface area contributed by atoms with Gasteiger partial charge in [0.1, 0.15) is 0 Å². The van der Waals surface area contributed by atoms with Crippen LogP contribution in [0.5, 0.6) is 0 Å². The van der Waals surface area contributed by atoms with E-state index in [2.05, 4.69) is 12.2 Å². The van der Waals surface area contributed by atoms with Crippen LogP contribution in [0.3, 0.4) is 0 Å². The van der Waals surface area contributed by atoms with E-state index in [9.17, 15) is 9.59 Å². The Morgan fingerprint density at radius 1 is 1.25 bits per heavy atom. The van der Waals surface area contributed by atoms with Crippen LogP contribution in [0.2, 0.25) is 0 Å².